The first-order chi connectivity index (χ1) is 22.1. The van der Waals surface area contributed by atoms with Crippen LogP contribution in [-0.2, 0) is 0 Å². The highest BCUT2D eigenvalue weighted by Crippen LogP contribution is 2.30. The van der Waals surface area contributed by atoms with Gasteiger partial charge in [-0.3, -0.25) is 0 Å². The van der Waals surface area contributed by atoms with Crippen LogP contribution in [-0.4, -0.2) is 35.2 Å². The molecule has 0 saturated heterocycles. The molecule has 1 saturated carbocycles. The molecule has 7 rings (SSSR count). The number of aromatic nitrogens is 6. The van der Waals surface area contributed by atoms with Gasteiger partial charge in [0.05, 0.1) is 12.4 Å². The topological polar surface area (TPSA) is 131 Å². The SMILES string of the molecule is CC.CC.[C-]#[N+]c1cnc2c(N)cc(Nc3ccccc3)nn12.[C-]#[N+]c1cnc2c(NC3CC3)cc(Nc3ccccc3)nn12. The monoisotopic (exact) mass is 600 g/mol. The van der Waals surface area contributed by atoms with Crippen molar-refractivity contribution >= 4 is 57.3 Å². The number of nitrogens with two attached hydrogens (primary N) is 1. The predicted octanol–water partition coefficient (Wildman–Crippen LogP) is 8.26. The number of hydrogen-bond acceptors (Lipinski definition) is 8. The maximum absolute atomic E-state index is 7.24. The Kier molecular flexibility index (Phi) is 10.9. The van der Waals surface area contributed by atoms with Gasteiger partial charge in [0.25, 0.3) is 22.9 Å². The molecule has 12 heteroatoms. The van der Waals surface area contributed by atoms with Crippen LogP contribution in [0.4, 0.5) is 46.0 Å². The standard InChI is InChI=1S/C16H14N6.C13H10N6.2C2H6/c1-17-15-10-18-16-13(19-12-7-8-12)9-14(21-22(15)16)20-11-5-3-2-4-6-11;1-15-12-8-16-13-10(14)7-11(18-19(12)13)17-9-5-3-2-4-6-9;2*1-2/h2-6,9-10,12,19H,7-8H2,(H,20,21);2-8H,14H2,(H,17,18);2*1-2H3. The van der Waals surface area contributed by atoms with Gasteiger partial charge in [0.15, 0.2) is 11.6 Å². The van der Waals surface area contributed by atoms with Crippen LogP contribution in [0.3, 0.4) is 0 Å². The van der Waals surface area contributed by atoms with Gasteiger partial charge in [-0.2, -0.15) is 0 Å². The predicted molar refractivity (Wildman–Crippen MR) is 182 cm³/mol. The maximum Gasteiger partial charge on any atom is 0.275 e. The van der Waals surface area contributed by atoms with E-state index in [2.05, 4.69) is 45.8 Å². The Hall–Kier alpha value is -6.14. The molecule has 1 aliphatic carbocycles. The van der Waals surface area contributed by atoms with Crippen molar-refractivity contribution in [3.05, 3.63) is 108 Å². The third kappa shape index (κ3) is 7.83. The van der Waals surface area contributed by atoms with Crippen molar-refractivity contribution in [2.45, 2.75) is 46.6 Å². The van der Waals surface area contributed by atoms with Crippen molar-refractivity contribution in [3.63, 3.8) is 0 Å². The van der Waals surface area contributed by atoms with E-state index in [0.29, 0.717) is 46.3 Å². The number of fused-ring (bicyclic) bond motifs is 2. The fourth-order valence-corrected chi connectivity index (χ4v) is 4.10. The lowest BCUT2D eigenvalue weighted by atomic mass is 10.3. The molecule has 0 bridgehead atoms. The Balaban J connectivity index is 0.000000186. The number of para-hydroxylation sites is 2. The third-order valence-electron chi connectivity index (χ3n) is 6.19. The summed E-state index contributed by atoms with van der Waals surface area (Å²) in [6, 6.07) is 23.6. The molecule has 4 heterocycles. The fourth-order valence-electron chi connectivity index (χ4n) is 4.10. The number of nitrogen functional groups attached to an aromatic ring is 1. The molecule has 5 N–H and O–H groups in total. The smallest absolute Gasteiger partial charge is 0.275 e. The molecule has 0 radical (unpaired) electrons. The van der Waals surface area contributed by atoms with Crippen molar-refractivity contribution in [2.75, 3.05) is 21.7 Å². The summed E-state index contributed by atoms with van der Waals surface area (Å²) < 4.78 is 3.02. The molecular weight excluding hydrogens is 564 g/mol. The van der Waals surface area contributed by atoms with Crippen molar-refractivity contribution in [3.8, 4) is 0 Å². The van der Waals surface area contributed by atoms with Crippen LogP contribution >= 0.6 is 0 Å². The molecule has 6 aromatic rings. The van der Waals surface area contributed by atoms with E-state index >= 15 is 0 Å². The number of rotatable bonds is 6. The number of benzene rings is 2. The number of nitrogens with zero attached hydrogens (tertiary/aromatic N) is 8. The second kappa shape index (κ2) is 15.4. The van der Waals surface area contributed by atoms with Gasteiger partial charge in [-0.1, -0.05) is 87.4 Å². The Bertz CT molecular complexity index is 1910. The second-order valence-electron chi connectivity index (χ2n) is 9.26. The van der Waals surface area contributed by atoms with Crippen LogP contribution in [0, 0.1) is 13.1 Å². The Morgan fingerprint density at radius 3 is 1.67 bits per heavy atom. The summed E-state index contributed by atoms with van der Waals surface area (Å²) in [5.41, 5.74) is 10.3. The molecule has 4 aromatic heterocycles. The number of hydrogen-bond donors (Lipinski definition) is 4. The van der Waals surface area contributed by atoms with E-state index in [-0.39, 0.29) is 0 Å². The highest BCUT2D eigenvalue weighted by atomic mass is 15.3. The number of nitrogens with one attached hydrogen (secondary N) is 3. The van der Waals surface area contributed by atoms with Crippen molar-refractivity contribution in [2.24, 2.45) is 0 Å². The lowest BCUT2D eigenvalue weighted by molar-refractivity contribution is 0.953. The van der Waals surface area contributed by atoms with E-state index in [9.17, 15) is 0 Å². The Morgan fingerprint density at radius 2 is 1.18 bits per heavy atom. The van der Waals surface area contributed by atoms with Crippen LogP contribution in [0.5, 0.6) is 0 Å². The molecule has 228 valence electrons. The second-order valence-corrected chi connectivity index (χ2v) is 9.26. The summed E-state index contributed by atoms with van der Waals surface area (Å²) in [7, 11) is 0. The van der Waals surface area contributed by atoms with Gasteiger partial charge in [0.2, 0.25) is 0 Å². The van der Waals surface area contributed by atoms with Crippen LogP contribution in [0.15, 0.2) is 85.2 Å². The molecule has 1 fully saturated rings. The van der Waals surface area contributed by atoms with Gasteiger partial charge < -0.3 is 31.4 Å². The van der Waals surface area contributed by atoms with Gasteiger partial charge in [-0.15, -0.1) is 9.03 Å². The largest absolute Gasteiger partial charge is 0.394 e. The highest BCUT2D eigenvalue weighted by Gasteiger charge is 2.24. The van der Waals surface area contributed by atoms with E-state index in [0.717, 1.165) is 17.1 Å². The number of anilines is 6. The van der Waals surface area contributed by atoms with E-state index in [1.54, 1.807) is 16.8 Å². The normalized spacial score (nSPS) is 11.3. The van der Waals surface area contributed by atoms with Crippen molar-refractivity contribution in [1.82, 2.24) is 29.2 Å². The van der Waals surface area contributed by atoms with Crippen LogP contribution < -0.4 is 21.7 Å². The molecule has 45 heavy (non-hydrogen) atoms. The minimum Gasteiger partial charge on any atom is -0.394 e. The molecule has 0 aliphatic heterocycles. The fraction of sp³-hybridized carbons (Fsp3) is 0.212. The van der Waals surface area contributed by atoms with Crippen molar-refractivity contribution in [1.29, 1.82) is 0 Å². The lowest BCUT2D eigenvalue weighted by Crippen LogP contribution is -2.06. The van der Waals surface area contributed by atoms with Crippen LogP contribution in [0.1, 0.15) is 40.5 Å². The summed E-state index contributed by atoms with van der Waals surface area (Å²) in [4.78, 5) is 15.2. The molecular formula is C33H36N12. The van der Waals surface area contributed by atoms with Crippen LogP contribution in [0.2, 0.25) is 0 Å². The van der Waals surface area contributed by atoms with E-state index < -0.39 is 0 Å². The van der Waals surface area contributed by atoms with Gasteiger partial charge in [0, 0.05) is 29.5 Å². The molecule has 0 amide bonds. The minimum absolute atomic E-state index is 0.332. The van der Waals surface area contributed by atoms with Gasteiger partial charge >= 0.3 is 0 Å². The molecule has 1 aliphatic rings. The minimum atomic E-state index is 0.332. The Labute approximate surface area is 262 Å². The summed E-state index contributed by atoms with van der Waals surface area (Å²) >= 11 is 0. The molecule has 12 nitrogen and oxygen atoms in total. The summed E-state index contributed by atoms with van der Waals surface area (Å²) in [5.74, 6) is 1.99. The molecule has 2 aromatic carbocycles. The summed E-state index contributed by atoms with van der Waals surface area (Å²) in [6.45, 7) is 22.3. The molecule has 0 unspecified atom stereocenters. The first kappa shape index (κ1) is 31.8. The average Bonchev–Trinajstić information content (AvgIpc) is 3.64. The zero-order chi connectivity index (χ0) is 32.2. The van der Waals surface area contributed by atoms with Gasteiger partial charge in [-0.25, -0.2) is 9.97 Å². The van der Waals surface area contributed by atoms with Crippen LogP contribution in [0.25, 0.3) is 21.0 Å². The lowest BCUT2D eigenvalue weighted by Gasteiger charge is -2.09. The van der Waals surface area contributed by atoms with Gasteiger partial charge in [0.1, 0.15) is 11.4 Å². The maximum atomic E-state index is 7.24. The quantitative estimate of drug-likeness (QED) is 0.141. The number of imidazole rings is 2. The molecule has 0 atom stereocenters. The van der Waals surface area contributed by atoms with Gasteiger partial charge in [-0.05, 0) is 37.1 Å². The summed E-state index contributed by atoms with van der Waals surface area (Å²) in [6.07, 6.45) is 5.36. The average molecular weight is 601 g/mol. The zero-order valence-corrected chi connectivity index (χ0v) is 25.7. The van der Waals surface area contributed by atoms with E-state index in [1.165, 1.54) is 23.6 Å². The third-order valence-corrected chi connectivity index (χ3v) is 6.19. The summed E-state index contributed by atoms with van der Waals surface area (Å²) in [5, 5.41) is 18.7. The zero-order valence-electron chi connectivity index (χ0n) is 25.7. The van der Waals surface area contributed by atoms with E-state index in [1.807, 2.05) is 94.4 Å². The van der Waals surface area contributed by atoms with Crippen molar-refractivity contribution < 1.29 is 0 Å². The first-order valence-electron chi connectivity index (χ1n) is 14.8. The molecule has 0 spiro atoms. The first-order valence-corrected chi connectivity index (χ1v) is 14.8. The van der Waals surface area contributed by atoms with E-state index in [4.69, 9.17) is 18.9 Å². The highest BCUT2D eigenvalue weighted by molar-refractivity contribution is 5.75. The Morgan fingerprint density at radius 1 is 0.711 bits per heavy atom.